The number of carbonyl (C=O) groups is 2. The van der Waals surface area contributed by atoms with Crippen LogP contribution in [0.3, 0.4) is 0 Å². The number of hydrogen-bond acceptors (Lipinski definition) is 3. The van der Waals surface area contributed by atoms with Gasteiger partial charge in [0.15, 0.2) is 0 Å². The fraction of sp³-hybridized carbons (Fsp3) is 0.857. The molecule has 6 nitrogen and oxygen atoms in total. The molecule has 3 heterocycles. The number of ether oxygens (including phenoxy) is 1. The summed E-state index contributed by atoms with van der Waals surface area (Å²) in [7, 11) is 1.66. The summed E-state index contributed by atoms with van der Waals surface area (Å²) in [5.74, 6) is 0.0129. The summed E-state index contributed by atoms with van der Waals surface area (Å²) in [4.78, 5) is 28.6. The number of urea groups is 1. The van der Waals surface area contributed by atoms with Gasteiger partial charge in [-0.1, -0.05) is 0 Å². The van der Waals surface area contributed by atoms with E-state index in [1.54, 1.807) is 7.05 Å². The van der Waals surface area contributed by atoms with E-state index in [4.69, 9.17) is 4.74 Å². The first kappa shape index (κ1) is 13.7. The van der Waals surface area contributed by atoms with Crippen LogP contribution in [-0.2, 0) is 9.53 Å². The van der Waals surface area contributed by atoms with Gasteiger partial charge in [-0.2, -0.15) is 0 Å². The molecule has 1 N–H and O–H groups in total. The van der Waals surface area contributed by atoms with E-state index in [1.807, 2.05) is 9.80 Å². The van der Waals surface area contributed by atoms with E-state index >= 15 is 0 Å². The highest BCUT2D eigenvalue weighted by Gasteiger charge is 2.54. The maximum absolute atomic E-state index is 12.5. The number of piperidine rings is 1. The highest BCUT2D eigenvalue weighted by atomic mass is 16.5. The van der Waals surface area contributed by atoms with Crippen molar-refractivity contribution in [2.75, 3.05) is 39.8 Å². The monoisotopic (exact) mass is 281 g/mol. The quantitative estimate of drug-likeness (QED) is 0.758. The smallest absolute Gasteiger partial charge is 0.320 e. The second-order valence-electron chi connectivity index (χ2n) is 6.03. The molecule has 0 aromatic carbocycles. The molecule has 0 spiro atoms. The van der Waals surface area contributed by atoms with Crippen LogP contribution in [0.25, 0.3) is 0 Å². The van der Waals surface area contributed by atoms with Crippen LogP contribution in [0, 0.1) is 5.41 Å². The molecule has 0 aromatic rings. The number of nitrogens with zero attached hydrogens (tertiary/aromatic N) is 2. The summed E-state index contributed by atoms with van der Waals surface area (Å²) in [5, 5.41) is 2.76. The van der Waals surface area contributed by atoms with Crippen molar-refractivity contribution in [1.29, 1.82) is 0 Å². The van der Waals surface area contributed by atoms with Gasteiger partial charge in [-0.3, -0.25) is 4.79 Å². The van der Waals surface area contributed by atoms with E-state index in [1.165, 1.54) is 0 Å². The number of fused-ring (bicyclic) bond motifs is 1. The minimum Gasteiger partial charge on any atom is -0.377 e. The first-order chi connectivity index (χ1) is 9.67. The van der Waals surface area contributed by atoms with Crippen LogP contribution in [-0.4, -0.2) is 67.7 Å². The standard InChI is InChI=1S/C14H23N3O3/c1-15-12(18)14-5-9-20-11(14)4-8-17(10-14)13(19)16-6-2-3-7-16/h11H,2-10H2,1H3,(H,15,18)/t11-,14-/m0/s1. The Labute approximate surface area is 119 Å². The molecule has 3 amide bonds. The van der Waals surface area contributed by atoms with Gasteiger partial charge < -0.3 is 19.9 Å². The van der Waals surface area contributed by atoms with Gasteiger partial charge in [-0.05, 0) is 25.7 Å². The van der Waals surface area contributed by atoms with Crippen molar-refractivity contribution in [3.8, 4) is 0 Å². The fourth-order valence-corrected chi connectivity index (χ4v) is 3.79. The zero-order valence-electron chi connectivity index (χ0n) is 12.1. The zero-order chi connectivity index (χ0) is 14.2. The van der Waals surface area contributed by atoms with Crippen LogP contribution in [0.4, 0.5) is 4.79 Å². The highest BCUT2D eigenvalue weighted by molar-refractivity contribution is 5.85. The molecule has 0 radical (unpaired) electrons. The van der Waals surface area contributed by atoms with Gasteiger partial charge in [0.25, 0.3) is 0 Å². The van der Waals surface area contributed by atoms with Crippen LogP contribution >= 0.6 is 0 Å². The molecule has 2 atom stereocenters. The Morgan fingerprint density at radius 3 is 2.65 bits per heavy atom. The Morgan fingerprint density at radius 1 is 1.20 bits per heavy atom. The van der Waals surface area contributed by atoms with E-state index in [0.29, 0.717) is 26.1 Å². The maximum Gasteiger partial charge on any atom is 0.320 e. The minimum absolute atomic E-state index is 0.0129. The van der Waals surface area contributed by atoms with Gasteiger partial charge in [-0.25, -0.2) is 4.79 Å². The van der Waals surface area contributed by atoms with Crippen molar-refractivity contribution >= 4 is 11.9 Å². The summed E-state index contributed by atoms with van der Waals surface area (Å²) in [6, 6.07) is 0.0936. The van der Waals surface area contributed by atoms with Crippen LogP contribution < -0.4 is 5.32 Å². The molecule has 0 aromatic heterocycles. The molecule has 3 fully saturated rings. The van der Waals surface area contributed by atoms with Crippen LogP contribution in [0.5, 0.6) is 0 Å². The van der Waals surface area contributed by atoms with Crippen molar-refractivity contribution in [1.82, 2.24) is 15.1 Å². The van der Waals surface area contributed by atoms with Gasteiger partial charge in [0.2, 0.25) is 5.91 Å². The Hall–Kier alpha value is -1.30. The van der Waals surface area contributed by atoms with Gasteiger partial charge in [-0.15, -0.1) is 0 Å². The molecular formula is C14H23N3O3. The van der Waals surface area contributed by atoms with Crippen molar-refractivity contribution < 1.29 is 14.3 Å². The van der Waals surface area contributed by atoms with Crippen molar-refractivity contribution in [2.24, 2.45) is 5.41 Å². The third-order valence-corrected chi connectivity index (χ3v) is 4.94. The molecule has 112 valence electrons. The van der Waals surface area contributed by atoms with Crippen molar-refractivity contribution in [2.45, 2.75) is 31.8 Å². The Bertz CT molecular complexity index is 408. The number of rotatable bonds is 1. The lowest BCUT2D eigenvalue weighted by molar-refractivity contribution is -0.137. The molecule has 3 saturated heterocycles. The molecular weight excluding hydrogens is 258 g/mol. The van der Waals surface area contributed by atoms with Crippen LogP contribution in [0.15, 0.2) is 0 Å². The summed E-state index contributed by atoms with van der Waals surface area (Å²) in [6.45, 7) is 3.50. The second-order valence-corrected chi connectivity index (χ2v) is 6.03. The molecule has 3 rings (SSSR count). The van der Waals surface area contributed by atoms with Gasteiger partial charge in [0.05, 0.1) is 11.5 Å². The molecule has 0 bridgehead atoms. The van der Waals surface area contributed by atoms with Crippen molar-refractivity contribution in [3.05, 3.63) is 0 Å². The fourth-order valence-electron chi connectivity index (χ4n) is 3.79. The molecule has 6 heteroatoms. The first-order valence-corrected chi connectivity index (χ1v) is 7.55. The van der Waals surface area contributed by atoms with Gasteiger partial charge in [0.1, 0.15) is 0 Å². The third kappa shape index (κ3) is 2.06. The van der Waals surface area contributed by atoms with E-state index < -0.39 is 5.41 Å². The molecule has 3 aliphatic rings. The van der Waals surface area contributed by atoms with E-state index in [0.717, 1.165) is 32.4 Å². The second kappa shape index (κ2) is 5.24. The molecule has 0 saturated carbocycles. The lowest BCUT2D eigenvalue weighted by Crippen LogP contribution is -2.59. The zero-order valence-corrected chi connectivity index (χ0v) is 12.1. The first-order valence-electron chi connectivity index (χ1n) is 7.55. The van der Waals surface area contributed by atoms with Crippen LogP contribution in [0.1, 0.15) is 25.7 Å². The van der Waals surface area contributed by atoms with Gasteiger partial charge >= 0.3 is 6.03 Å². The number of carbonyl (C=O) groups excluding carboxylic acids is 2. The van der Waals surface area contributed by atoms with E-state index in [-0.39, 0.29) is 18.0 Å². The highest BCUT2D eigenvalue weighted by Crippen LogP contribution is 2.41. The maximum atomic E-state index is 12.5. The van der Waals surface area contributed by atoms with Crippen molar-refractivity contribution in [3.63, 3.8) is 0 Å². The Morgan fingerprint density at radius 2 is 1.95 bits per heavy atom. The normalized spacial score (nSPS) is 33.1. The molecule has 20 heavy (non-hydrogen) atoms. The SMILES string of the molecule is CNC(=O)[C@]12CCO[C@H]1CCN(C(=O)N1CCCC1)C2. The number of likely N-dealkylation sites (tertiary alicyclic amines) is 2. The largest absolute Gasteiger partial charge is 0.377 e. The lowest BCUT2D eigenvalue weighted by Gasteiger charge is -2.43. The predicted octanol–water partition coefficient (Wildman–Crippen LogP) is 0.429. The average molecular weight is 281 g/mol. The summed E-state index contributed by atoms with van der Waals surface area (Å²) >= 11 is 0. The molecule has 3 aliphatic heterocycles. The minimum atomic E-state index is -0.539. The predicted molar refractivity (Wildman–Crippen MR) is 73.2 cm³/mol. The molecule has 0 aliphatic carbocycles. The lowest BCUT2D eigenvalue weighted by atomic mass is 9.76. The summed E-state index contributed by atoms with van der Waals surface area (Å²) < 4.78 is 5.72. The third-order valence-electron chi connectivity index (χ3n) is 4.94. The summed E-state index contributed by atoms with van der Waals surface area (Å²) in [6.07, 6.45) is 3.61. The average Bonchev–Trinajstić information content (AvgIpc) is 3.14. The number of nitrogens with one attached hydrogen (secondary N) is 1. The molecule has 0 unspecified atom stereocenters. The number of hydrogen-bond donors (Lipinski definition) is 1. The summed E-state index contributed by atoms with van der Waals surface area (Å²) in [5.41, 5.74) is -0.539. The topological polar surface area (TPSA) is 61.9 Å². The number of amides is 3. The Balaban J connectivity index is 1.76. The Kier molecular flexibility index (Phi) is 3.58. The van der Waals surface area contributed by atoms with E-state index in [2.05, 4.69) is 5.32 Å². The van der Waals surface area contributed by atoms with Gasteiger partial charge in [0, 0.05) is 39.8 Å². The van der Waals surface area contributed by atoms with E-state index in [9.17, 15) is 9.59 Å². The van der Waals surface area contributed by atoms with Crippen LogP contribution in [0.2, 0.25) is 0 Å².